The van der Waals surface area contributed by atoms with Crippen molar-refractivity contribution in [3.8, 4) is 17.2 Å². The van der Waals surface area contributed by atoms with Gasteiger partial charge in [-0.15, -0.1) is 0 Å². The van der Waals surface area contributed by atoms with Gasteiger partial charge in [-0.25, -0.2) is 9.79 Å². The van der Waals surface area contributed by atoms with Gasteiger partial charge in [-0.3, -0.25) is 0 Å². The van der Waals surface area contributed by atoms with Crippen LogP contribution in [0, 0.1) is 0 Å². The van der Waals surface area contributed by atoms with Crippen molar-refractivity contribution in [2.75, 3.05) is 21.3 Å². The van der Waals surface area contributed by atoms with E-state index in [1.54, 1.807) is 63.8 Å². The van der Waals surface area contributed by atoms with Gasteiger partial charge in [0.2, 0.25) is 5.90 Å². The van der Waals surface area contributed by atoms with E-state index >= 15 is 0 Å². The molecule has 1 heterocycles. The molecule has 25 heavy (non-hydrogen) atoms. The van der Waals surface area contributed by atoms with Crippen molar-refractivity contribution >= 4 is 17.9 Å². The highest BCUT2D eigenvalue weighted by molar-refractivity contribution is 6.12. The van der Waals surface area contributed by atoms with Crippen LogP contribution in [0.5, 0.6) is 17.2 Å². The summed E-state index contributed by atoms with van der Waals surface area (Å²) in [4.78, 5) is 16.4. The fourth-order valence-corrected chi connectivity index (χ4v) is 2.37. The van der Waals surface area contributed by atoms with Gasteiger partial charge in [0.15, 0.2) is 17.2 Å². The van der Waals surface area contributed by atoms with Crippen molar-refractivity contribution < 1.29 is 23.7 Å². The van der Waals surface area contributed by atoms with E-state index < -0.39 is 5.97 Å². The summed E-state index contributed by atoms with van der Waals surface area (Å²) < 4.78 is 20.8. The standard InChI is InChI=1S/C19H17NO5/c1-22-14-7-5-13(6-8-14)18-20-15(19(21)25-18)10-12-4-9-16(23-2)17(11-12)24-3/h4-11H,1-3H3. The van der Waals surface area contributed by atoms with E-state index in [4.69, 9.17) is 18.9 Å². The lowest BCUT2D eigenvalue weighted by molar-refractivity contribution is -0.129. The molecule has 128 valence electrons. The van der Waals surface area contributed by atoms with E-state index in [-0.39, 0.29) is 11.6 Å². The first-order valence-electron chi connectivity index (χ1n) is 7.53. The molecule has 0 spiro atoms. The number of esters is 1. The molecule has 0 amide bonds. The Labute approximate surface area is 145 Å². The SMILES string of the molecule is COc1ccc(C2=NC(=Cc3ccc(OC)c(OC)c3)C(=O)O2)cc1. The quantitative estimate of drug-likeness (QED) is 0.619. The maximum Gasteiger partial charge on any atom is 0.363 e. The smallest absolute Gasteiger partial charge is 0.363 e. The van der Waals surface area contributed by atoms with Gasteiger partial charge in [0.25, 0.3) is 0 Å². The predicted molar refractivity (Wildman–Crippen MR) is 93.1 cm³/mol. The number of hydrogen-bond acceptors (Lipinski definition) is 6. The van der Waals surface area contributed by atoms with Crippen LogP contribution in [-0.4, -0.2) is 33.2 Å². The lowest BCUT2D eigenvalue weighted by Gasteiger charge is -2.07. The van der Waals surface area contributed by atoms with Crippen molar-refractivity contribution in [1.82, 2.24) is 0 Å². The number of aliphatic imine (C=N–C) groups is 1. The van der Waals surface area contributed by atoms with Crippen LogP contribution in [0.25, 0.3) is 6.08 Å². The Hall–Kier alpha value is -3.28. The molecule has 0 fully saturated rings. The van der Waals surface area contributed by atoms with E-state index in [1.807, 2.05) is 6.07 Å². The number of cyclic esters (lactones) is 1. The molecule has 6 nitrogen and oxygen atoms in total. The van der Waals surface area contributed by atoms with Crippen molar-refractivity contribution in [3.05, 3.63) is 59.3 Å². The summed E-state index contributed by atoms with van der Waals surface area (Å²) in [5, 5.41) is 0. The molecule has 3 rings (SSSR count). The summed E-state index contributed by atoms with van der Waals surface area (Å²) in [5.41, 5.74) is 1.67. The Kier molecular flexibility index (Phi) is 4.70. The van der Waals surface area contributed by atoms with E-state index in [1.165, 1.54) is 0 Å². The van der Waals surface area contributed by atoms with Crippen molar-refractivity contribution in [2.24, 2.45) is 4.99 Å². The molecule has 0 atom stereocenters. The summed E-state index contributed by atoms with van der Waals surface area (Å²) >= 11 is 0. The monoisotopic (exact) mass is 339 g/mol. The van der Waals surface area contributed by atoms with Gasteiger partial charge in [-0.1, -0.05) is 6.07 Å². The molecule has 2 aromatic rings. The predicted octanol–water partition coefficient (Wildman–Crippen LogP) is 3.06. The molecule has 6 heteroatoms. The van der Waals surface area contributed by atoms with Gasteiger partial charge in [-0.2, -0.15) is 0 Å². The first-order valence-corrected chi connectivity index (χ1v) is 7.53. The fourth-order valence-electron chi connectivity index (χ4n) is 2.37. The average Bonchev–Trinajstić information content (AvgIpc) is 3.02. The summed E-state index contributed by atoms with van der Waals surface area (Å²) in [6.45, 7) is 0. The van der Waals surface area contributed by atoms with Crippen LogP contribution >= 0.6 is 0 Å². The minimum Gasteiger partial charge on any atom is -0.497 e. The molecule has 0 bridgehead atoms. The van der Waals surface area contributed by atoms with Gasteiger partial charge in [0.05, 0.1) is 21.3 Å². The van der Waals surface area contributed by atoms with Gasteiger partial charge in [0, 0.05) is 5.56 Å². The lowest BCUT2D eigenvalue weighted by Crippen LogP contribution is -2.05. The fraction of sp³-hybridized carbons (Fsp3) is 0.158. The number of hydrogen-bond donors (Lipinski definition) is 0. The highest BCUT2D eigenvalue weighted by Gasteiger charge is 2.24. The molecule has 0 saturated carbocycles. The first kappa shape index (κ1) is 16.6. The number of carbonyl (C=O) groups excluding carboxylic acids is 1. The Morgan fingerprint density at radius 2 is 1.64 bits per heavy atom. The normalized spacial score (nSPS) is 14.9. The van der Waals surface area contributed by atoms with E-state index in [9.17, 15) is 4.79 Å². The van der Waals surface area contributed by atoms with E-state index in [2.05, 4.69) is 4.99 Å². The van der Waals surface area contributed by atoms with Gasteiger partial charge < -0.3 is 18.9 Å². The van der Waals surface area contributed by atoms with Crippen molar-refractivity contribution in [3.63, 3.8) is 0 Å². The summed E-state index contributed by atoms with van der Waals surface area (Å²) in [6.07, 6.45) is 1.64. The lowest BCUT2D eigenvalue weighted by atomic mass is 10.1. The van der Waals surface area contributed by atoms with Gasteiger partial charge in [0.1, 0.15) is 5.75 Å². The van der Waals surface area contributed by atoms with Crippen LogP contribution in [0.3, 0.4) is 0 Å². The topological polar surface area (TPSA) is 66.3 Å². The summed E-state index contributed by atoms with van der Waals surface area (Å²) in [6, 6.07) is 12.5. The average molecular weight is 339 g/mol. The van der Waals surface area contributed by atoms with E-state index in [0.29, 0.717) is 17.1 Å². The van der Waals surface area contributed by atoms with Crippen molar-refractivity contribution in [2.45, 2.75) is 0 Å². The Bertz CT molecular complexity index is 853. The summed E-state index contributed by atoms with van der Waals surface area (Å²) in [7, 11) is 4.71. The highest BCUT2D eigenvalue weighted by Crippen LogP contribution is 2.29. The number of ether oxygens (including phenoxy) is 4. The molecule has 1 aliphatic rings. The van der Waals surface area contributed by atoms with Crippen LogP contribution in [0.4, 0.5) is 0 Å². The molecular formula is C19H17NO5. The highest BCUT2D eigenvalue weighted by atomic mass is 16.6. The van der Waals surface area contributed by atoms with Crippen LogP contribution in [-0.2, 0) is 9.53 Å². The molecule has 0 aromatic heterocycles. The molecule has 1 aliphatic heterocycles. The summed E-state index contributed by atoms with van der Waals surface area (Å²) in [5.74, 6) is 1.67. The third kappa shape index (κ3) is 3.47. The molecule has 2 aromatic carbocycles. The second-order valence-corrected chi connectivity index (χ2v) is 5.18. The van der Waals surface area contributed by atoms with Crippen LogP contribution in [0.1, 0.15) is 11.1 Å². The zero-order valence-electron chi connectivity index (χ0n) is 14.1. The third-order valence-electron chi connectivity index (χ3n) is 3.67. The van der Waals surface area contributed by atoms with Gasteiger partial charge >= 0.3 is 5.97 Å². The Balaban J connectivity index is 1.90. The molecule has 0 unspecified atom stereocenters. The first-order chi connectivity index (χ1) is 12.1. The number of rotatable bonds is 5. The van der Waals surface area contributed by atoms with Crippen LogP contribution < -0.4 is 14.2 Å². The Morgan fingerprint density at radius 3 is 2.28 bits per heavy atom. The molecule has 0 N–H and O–H groups in total. The van der Waals surface area contributed by atoms with Crippen LogP contribution in [0.2, 0.25) is 0 Å². The number of methoxy groups -OCH3 is 3. The second kappa shape index (κ2) is 7.09. The third-order valence-corrected chi connectivity index (χ3v) is 3.67. The molecule has 0 aliphatic carbocycles. The maximum atomic E-state index is 12.1. The zero-order chi connectivity index (χ0) is 17.8. The number of carbonyl (C=O) groups is 1. The minimum absolute atomic E-state index is 0.220. The molecule has 0 saturated heterocycles. The molecular weight excluding hydrogens is 322 g/mol. The van der Waals surface area contributed by atoms with Gasteiger partial charge in [-0.05, 0) is 48.0 Å². The second-order valence-electron chi connectivity index (χ2n) is 5.18. The Morgan fingerprint density at radius 1 is 0.920 bits per heavy atom. The minimum atomic E-state index is -0.499. The largest absolute Gasteiger partial charge is 0.497 e. The van der Waals surface area contributed by atoms with Crippen LogP contribution in [0.15, 0.2) is 53.2 Å². The maximum absolute atomic E-state index is 12.1. The zero-order valence-corrected chi connectivity index (χ0v) is 14.1. The molecule has 0 radical (unpaired) electrons. The van der Waals surface area contributed by atoms with Crippen molar-refractivity contribution in [1.29, 1.82) is 0 Å². The van der Waals surface area contributed by atoms with E-state index in [0.717, 1.165) is 11.3 Å². The number of benzene rings is 2. The number of nitrogens with zero attached hydrogens (tertiary/aromatic N) is 1.